The van der Waals surface area contributed by atoms with Crippen LogP contribution < -0.4 is 0 Å². The second kappa shape index (κ2) is 6.74. The Morgan fingerprint density at radius 3 is 2.63 bits per heavy atom. The van der Waals surface area contributed by atoms with Gasteiger partial charge in [-0.1, -0.05) is 19.9 Å². The van der Waals surface area contributed by atoms with Gasteiger partial charge in [0.2, 0.25) is 5.79 Å². The molecule has 0 aromatic heterocycles. The van der Waals surface area contributed by atoms with Gasteiger partial charge in [0.25, 0.3) is 0 Å². The van der Waals surface area contributed by atoms with Crippen molar-refractivity contribution < 1.29 is 28.9 Å². The number of hydrogen-bond acceptors (Lipinski definition) is 6. The molecule has 1 aliphatic heterocycles. The summed E-state index contributed by atoms with van der Waals surface area (Å²) in [6.45, 7) is 9.26. The van der Waals surface area contributed by atoms with Gasteiger partial charge < -0.3 is 19.3 Å². The number of rotatable bonds is 3. The van der Waals surface area contributed by atoms with Crippen LogP contribution in [0.25, 0.3) is 0 Å². The molecule has 0 spiro atoms. The minimum atomic E-state index is -1.17. The number of allylic oxidation sites excluding steroid dienone is 1. The predicted molar refractivity (Wildman–Crippen MR) is 98.5 cm³/mol. The van der Waals surface area contributed by atoms with Crippen LogP contribution in [0.2, 0.25) is 0 Å². The van der Waals surface area contributed by atoms with Gasteiger partial charge >= 0.3 is 11.9 Å². The van der Waals surface area contributed by atoms with Crippen LogP contribution >= 0.6 is 0 Å². The Morgan fingerprint density at radius 1 is 1.37 bits per heavy atom. The van der Waals surface area contributed by atoms with Gasteiger partial charge in [-0.15, -0.1) is 0 Å². The van der Waals surface area contributed by atoms with E-state index >= 15 is 0 Å². The first-order chi connectivity index (χ1) is 12.6. The standard InChI is InChI=1S/C21H30O6/c1-7-11(2)18(23)26-15-9-8-14-10-21(25-6)16(12(3)19(24)27-21)17(22)20(14,5)13(15)4/h7,13-15,17,22H,8-10H2,1-6H3/t13-,14+,15-,17-,20+,21+/m0/s1. The fourth-order valence-electron chi connectivity index (χ4n) is 5.11. The Morgan fingerprint density at radius 2 is 2.04 bits per heavy atom. The molecular weight excluding hydrogens is 348 g/mol. The molecule has 6 atom stereocenters. The zero-order valence-electron chi connectivity index (χ0n) is 17.0. The summed E-state index contributed by atoms with van der Waals surface area (Å²) >= 11 is 0. The van der Waals surface area contributed by atoms with Crippen LogP contribution in [0.5, 0.6) is 0 Å². The van der Waals surface area contributed by atoms with Gasteiger partial charge in [0, 0.05) is 41.6 Å². The molecule has 1 heterocycles. The number of ether oxygens (including phenoxy) is 3. The fraction of sp³-hybridized carbons (Fsp3) is 0.714. The number of hydrogen-bond donors (Lipinski definition) is 1. The Kier molecular flexibility index (Phi) is 5.02. The Bertz CT molecular complexity index is 722. The Labute approximate surface area is 160 Å². The van der Waals surface area contributed by atoms with Crippen molar-refractivity contribution in [1.82, 2.24) is 0 Å². The Hall–Kier alpha value is -1.66. The molecule has 3 rings (SSSR count). The van der Waals surface area contributed by atoms with Gasteiger partial charge in [-0.05, 0) is 39.5 Å². The zero-order valence-corrected chi connectivity index (χ0v) is 17.0. The van der Waals surface area contributed by atoms with Gasteiger partial charge in [-0.3, -0.25) is 0 Å². The molecule has 2 saturated carbocycles. The number of carbonyl (C=O) groups is 2. The molecule has 3 aliphatic rings. The highest BCUT2D eigenvalue weighted by atomic mass is 16.7. The highest BCUT2D eigenvalue weighted by Crippen LogP contribution is 2.60. The summed E-state index contributed by atoms with van der Waals surface area (Å²) in [5, 5.41) is 11.4. The maximum Gasteiger partial charge on any atom is 0.336 e. The first-order valence-corrected chi connectivity index (χ1v) is 9.64. The molecule has 0 radical (unpaired) electrons. The molecule has 27 heavy (non-hydrogen) atoms. The number of methoxy groups -OCH3 is 1. The fourth-order valence-corrected chi connectivity index (χ4v) is 5.11. The lowest BCUT2D eigenvalue weighted by molar-refractivity contribution is -0.241. The summed E-state index contributed by atoms with van der Waals surface area (Å²) in [5.74, 6) is -1.92. The predicted octanol–water partition coefficient (Wildman–Crippen LogP) is 2.90. The molecule has 2 aliphatic carbocycles. The second-order valence-electron chi connectivity index (χ2n) is 8.34. The van der Waals surface area contributed by atoms with Gasteiger partial charge in [-0.2, -0.15) is 0 Å². The summed E-state index contributed by atoms with van der Waals surface area (Å²) in [4.78, 5) is 24.5. The van der Waals surface area contributed by atoms with E-state index in [2.05, 4.69) is 0 Å². The van der Waals surface area contributed by atoms with E-state index in [0.29, 0.717) is 29.6 Å². The molecule has 0 aromatic rings. The summed E-state index contributed by atoms with van der Waals surface area (Å²) in [5.41, 5.74) is 0.974. The summed E-state index contributed by atoms with van der Waals surface area (Å²) in [7, 11) is 1.51. The van der Waals surface area contributed by atoms with Crippen LogP contribution in [0.4, 0.5) is 0 Å². The molecule has 2 fully saturated rings. The van der Waals surface area contributed by atoms with Crippen LogP contribution in [-0.4, -0.2) is 42.1 Å². The molecule has 6 nitrogen and oxygen atoms in total. The topological polar surface area (TPSA) is 82.1 Å². The first-order valence-electron chi connectivity index (χ1n) is 9.64. The van der Waals surface area contributed by atoms with Gasteiger partial charge in [0.05, 0.1) is 6.10 Å². The summed E-state index contributed by atoms with van der Waals surface area (Å²) in [6.07, 6.45) is 2.54. The van der Waals surface area contributed by atoms with E-state index < -0.39 is 23.3 Å². The third kappa shape index (κ3) is 2.76. The number of aliphatic hydroxyl groups is 1. The molecular formula is C21H30O6. The summed E-state index contributed by atoms with van der Waals surface area (Å²) < 4.78 is 17.0. The maximum atomic E-state index is 12.3. The third-order valence-electron chi connectivity index (χ3n) is 7.32. The van der Waals surface area contributed by atoms with Gasteiger partial charge in [0.1, 0.15) is 6.10 Å². The molecule has 0 amide bonds. The van der Waals surface area contributed by atoms with Gasteiger partial charge in [0.15, 0.2) is 0 Å². The molecule has 150 valence electrons. The van der Waals surface area contributed by atoms with Crippen LogP contribution in [0.3, 0.4) is 0 Å². The lowest BCUT2D eigenvalue weighted by atomic mass is 9.51. The highest BCUT2D eigenvalue weighted by molar-refractivity contribution is 5.92. The van der Waals surface area contributed by atoms with Crippen molar-refractivity contribution in [2.45, 2.75) is 71.9 Å². The zero-order chi connectivity index (χ0) is 20.1. The van der Waals surface area contributed by atoms with Crippen LogP contribution in [0.1, 0.15) is 53.9 Å². The number of carbonyl (C=O) groups excluding carboxylic acids is 2. The number of esters is 2. The third-order valence-corrected chi connectivity index (χ3v) is 7.32. The smallest absolute Gasteiger partial charge is 0.336 e. The largest absolute Gasteiger partial charge is 0.459 e. The summed E-state index contributed by atoms with van der Waals surface area (Å²) in [6, 6.07) is 0. The van der Waals surface area contributed by atoms with E-state index in [0.717, 1.165) is 6.42 Å². The van der Waals surface area contributed by atoms with Crippen molar-refractivity contribution in [3.8, 4) is 0 Å². The SMILES string of the molecule is CC=C(C)C(=O)O[C@H]1CC[C@@H]2C[C@@]3(OC)OC(=O)C(C)=C3[C@H](O)[C@]2(C)[C@H]1C. The number of aliphatic hydroxyl groups excluding tert-OH is 1. The molecule has 0 saturated heterocycles. The Balaban J connectivity index is 1.95. The van der Waals surface area contributed by atoms with Crippen molar-refractivity contribution in [3.05, 3.63) is 22.8 Å². The maximum absolute atomic E-state index is 12.3. The van der Waals surface area contributed by atoms with E-state index in [9.17, 15) is 14.7 Å². The average molecular weight is 378 g/mol. The highest BCUT2D eigenvalue weighted by Gasteiger charge is 2.65. The van der Waals surface area contributed by atoms with Crippen molar-refractivity contribution in [2.75, 3.05) is 7.11 Å². The molecule has 0 aromatic carbocycles. The van der Waals surface area contributed by atoms with Crippen molar-refractivity contribution in [1.29, 1.82) is 0 Å². The minimum Gasteiger partial charge on any atom is -0.459 e. The molecule has 6 heteroatoms. The van der Waals surface area contributed by atoms with Crippen molar-refractivity contribution in [2.24, 2.45) is 17.3 Å². The van der Waals surface area contributed by atoms with Gasteiger partial charge in [-0.25, -0.2) is 9.59 Å². The van der Waals surface area contributed by atoms with Crippen LogP contribution in [-0.2, 0) is 23.8 Å². The van der Waals surface area contributed by atoms with Crippen LogP contribution in [0.15, 0.2) is 22.8 Å². The molecule has 0 unspecified atom stereocenters. The number of fused-ring (bicyclic) bond motifs is 2. The van der Waals surface area contributed by atoms with E-state index in [1.54, 1.807) is 26.8 Å². The van der Waals surface area contributed by atoms with E-state index in [-0.39, 0.29) is 23.9 Å². The molecule has 1 N–H and O–H groups in total. The van der Waals surface area contributed by atoms with Crippen LogP contribution in [0, 0.1) is 17.3 Å². The molecule has 0 bridgehead atoms. The average Bonchev–Trinajstić information content (AvgIpc) is 2.90. The van der Waals surface area contributed by atoms with E-state index in [4.69, 9.17) is 14.2 Å². The van der Waals surface area contributed by atoms with E-state index in [1.165, 1.54) is 7.11 Å². The van der Waals surface area contributed by atoms with Crippen molar-refractivity contribution >= 4 is 11.9 Å². The lowest BCUT2D eigenvalue weighted by Gasteiger charge is -2.57. The van der Waals surface area contributed by atoms with E-state index in [1.807, 2.05) is 13.8 Å². The quantitative estimate of drug-likeness (QED) is 0.601. The normalized spacial score (nSPS) is 41.7. The first kappa shape index (κ1) is 20.1. The van der Waals surface area contributed by atoms with Crippen molar-refractivity contribution in [3.63, 3.8) is 0 Å². The second-order valence-corrected chi connectivity index (χ2v) is 8.34. The monoisotopic (exact) mass is 378 g/mol. The lowest BCUT2D eigenvalue weighted by Crippen LogP contribution is -2.61. The minimum absolute atomic E-state index is 0.0780.